The van der Waals surface area contributed by atoms with E-state index in [1.807, 2.05) is 27.8 Å². The maximum Gasteiger partial charge on any atom is 0.324 e. The van der Waals surface area contributed by atoms with Crippen LogP contribution in [-0.2, 0) is 16.1 Å². The molecule has 4 heterocycles. The minimum atomic E-state index is -0.292. The predicted molar refractivity (Wildman–Crippen MR) is 147 cm³/mol. The average molecular weight is 543 g/mol. The third-order valence-corrected chi connectivity index (χ3v) is 6.79. The summed E-state index contributed by atoms with van der Waals surface area (Å²) in [5, 5.41) is 7.35. The summed E-state index contributed by atoms with van der Waals surface area (Å²) < 4.78 is 16.7. The van der Waals surface area contributed by atoms with Crippen molar-refractivity contribution >= 4 is 17.9 Å². The Kier molecular flexibility index (Phi) is 9.26. The lowest BCUT2D eigenvalue weighted by molar-refractivity contribution is 0.0390. The maximum atomic E-state index is 13.2. The van der Waals surface area contributed by atoms with Crippen LogP contribution in [0, 0.1) is 0 Å². The van der Waals surface area contributed by atoms with Crippen molar-refractivity contribution in [3.8, 4) is 0 Å². The number of aromatic nitrogens is 4. The highest BCUT2D eigenvalue weighted by Gasteiger charge is 2.29. The van der Waals surface area contributed by atoms with E-state index in [1.54, 1.807) is 17.3 Å². The van der Waals surface area contributed by atoms with Gasteiger partial charge in [0, 0.05) is 64.3 Å². The molecule has 0 spiro atoms. The van der Waals surface area contributed by atoms with Gasteiger partial charge in [0.25, 0.3) is 5.91 Å². The van der Waals surface area contributed by atoms with Gasteiger partial charge in [-0.2, -0.15) is 4.98 Å². The van der Waals surface area contributed by atoms with Crippen LogP contribution in [-0.4, -0.2) is 88.4 Å². The lowest BCUT2D eigenvalue weighted by atomic mass is 10.0. The molecular weight excluding hydrogens is 500 g/mol. The number of rotatable bonds is 11. The van der Waals surface area contributed by atoms with E-state index in [0.29, 0.717) is 42.4 Å². The van der Waals surface area contributed by atoms with Crippen molar-refractivity contribution in [3.63, 3.8) is 0 Å². The molecule has 2 fully saturated rings. The third-order valence-electron chi connectivity index (χ3n) is 6.79. The topological polar surface area (TPSA) is 122 Å². The van der Waals surface area contributed by atoms with Crippen LogP contribution in [0.25, 0.3) is 0 Å². The molecule has 0 radical (unpaired) electrons. The van der Waals surface area contributed by atoms with Crippen molar-refractivity contribution in [3.05, 3.63) is 36.2 Å². The van der Waals surface area contributed by atoms with Crippen LogP contribution < -0.4 is 15.1 Å². The van der Waals surface area contributed by atoms with Crippen molar-refractivity contribution in [2.24, 2.45) is 0 Å². The number of ether oxygens (including phenoxy) is 2. The van der Waals surface area contributed by atoms with Gasteiger partial charge in [0.2, 0.25) is 5.95 Å². The van der Waals surface area contributed by atoms with E-state index >= 15 is 0 Å². The van der Waals surface area contributed by atoms with E-state index in [-0.39, 0.29) is 23.6 Å². The van der Waals surface area contributed by atoms with Crippen molar-refractivity contribution < 1.29 is 18.8 Å². The van der Waals surface area contributed by atoms with Gasteiger partial charge in [0.1, 0.15) is 12.2 Å². The van der Waals surface area contributed by atoms with Crippen LogP contribution in [0.2, 0.25) is 0 Å². The number of hydrogen-bond acceptors (Lipinski definition) is 11. The van der Waals surface area contributed by atoms with Gasteiger partial charge in [-0.15, -0.1) is 0 Å². The summed E-state index contributed by atoms with van der Waals surface area (Å²) >= 11 is 0. The Labute approximate surface area is 230 Å². The Morgan fingerprint density at radius 1 is 1.18 bits per heavy atom. The molecule has 2 aromatic rings. The molecule has 1 atom stereocenters. The molecule has 12 nitrogen and oxygen atoms in total. The fourth-order valence-electron chi connectivity index (χ4n) is 4.83. The van der Waals surface area contributed by atoms with E-state index in [9.17, 15) is 4.79 Å². The summed E-state index contributed by atoms with van der Waals surface area (Å²) in [5.41, 5.74) is 0.192. The monoisotopic (exact) mass is 542 g/mol. The molecule has 1 unspecified atom stereocenters. The molecule has 214 valence electrons. The van der Waals surface area contributed by atoms with Gasteiger partial charge in [0.05, 0.1) is 5.56 Å². The first kappa shape index (κ1) is 28.6. The standard InChI is InChI=1S/C27H42N8O4/c1-7-14-37-18-23-31-26(39-32-23)34-12-9-22(10-13-34)33(6)24(36)20-15-28-25(29-16-20)35-11-8-21(17-35)30-19(2)38-27(3,4)5/h15-16,21-22,30H,2,7-14,17-18H2,1,3-6H3. The molecule has 2 aliphatic heterocycles. The second-order valence-corrected chi connectivity index (χ2v) is 11.2. The quantitative estimate of drug-likeness (QED) is 0.333. The highest BCUT2D eigenvalue weighted by atomic mass is 16.5. The highest BCUT2D eigenvalue weighted by Crippen LogP contribution is 2.23. The van der Waals surface area contributed by atoms with E-state index in [0.717, 1.165) is 51.9 Å². The van der Waals surface area contributed by atoms with Gasteiger partial charge in [-0.3, -0.25) is 4.79 Å². The number of hydrogen-bond donors (Lipinski definition) is 1. The van der Waals surface area contributed by atoms with Crippen molar-refractivity contribution in [2.75, 3.05) is 49.6 Å². The van der Waals surface area contributed by atoms with Gasteiger partial charge in [-0.25, -0.2) is 9.97 Å². The first-order valence-electron chi connectivity index (χ1n) is 13.8. The molecule has 12 heteroatoms. The molecule has 1 N–H and O–H groups in total. The van der Waals surface area contributed by atoms with E-state index < -0.39 is 0 Å². The largest absolute Gasteiger partial charge is 0.474 e. The highest BCUT2D eigenvalue weighted by molar-refractivity contribution is 5.93. The molecule has 0 saturated carbocycles. The van der Waals surface area contributed by atoms with Crippen LogP contribution >= 0.6 is 0 Å². The molecular formula is C27H42N8O4. The number of amides is 1. The van der Waals surface area contributed by atoms with Crippen molar-refractivity contribution in [1.29, 1.82) is 0 Å². The first-order valence-corrected chi connectivity index (χ1v) is 13.8. The lowest BCUT2D eigenvalue weighted by Crippen LogP contribution is -2.45. The van der Waals surface area contributed by atoms with Gasteiger partial charge >= 0.3 is 6.01 Å². The molecule has 2 aliphatic rings. The molecule has 0 bridgehead atoms. The Morgan fingerprint density at radius 3 is 2.54 bits per heavy atom. The van der Waals surface area contributed by atoms with Crippen LogP contribution in [0.15, 0.2) is 29.4 Å². The average Bonchev–Trinajstić information content (AvgIpc) is 3.57. The van der Waals surface area contributed by atoms with E-state index in [1.165, 1.54) is 0 Å². The number of nitrogens with one attached hydrogen (secondary N) is 1. The summed E-state index contributed by atoms with van der Waals surface area (Å²) in [7, 11) is 1.84. The Balaban J connectivity index is 1.24. The Hall–Kier alpha value is -3.41. The van der Waals surface area contributed by atoms with Crippen LogP contribution in [0.3, 0.4) is 0 Å². The number of piperidine rings is 1. The normalized spacial score (nSPS) is 18.3. The van der Waals surface area contributed by atoms with Gasteiger partial charge < -0.3 is 34.0 Å². The zero-order chi connectivity index (χ0) is 28.0. The van der Waals surface area contributed by atoms with Crippen molar-refractivity contribution in [1.82, 2.24) is 30.3 Å². The number of carbonyl (C=O) groups excluding carboxylic acids is 1. The number of nitrogens with zero attached hydrogens (tertiary/aromatic N) is 7. The maximum absolute atomic E-state index is 13.2. The third kappa shape index (κ3) is 7.81. The Morgan fingerprint density at radius 2 is 1.87 bits per heavy atom. The van der Waals surface area contributed by atoms with E-state index in [2.05, 4.69) is 48.7 Å². The Bertz CT molecular complexity index is 1090. The van der Waals surface area contributed by atoms with E-state index in [4.69, 9.17) is 14.0 Å². The minimum Gasteiger partial charge on any atom is -0.474 e. The zero-order valence-corrected chi connectivity index (χ0v) is 23.9. The van der Waals surface area contributed by atoms with Gasteiger partial charge in [-0.05, 0) is 53.0 Å². The summed E-state index contributed by atoms with van der Waals surface area (Å²) in [6.45, 7) is 16.1. The second kappa shape index (κ2) is 12.6. The minimum absolute atomic E-state index is 0.0789. The predicted octanol–water partition coefficient (Wildman–Crippen LogP) is 2.98. The molecule has 0 aliphatic carbocycles. The summed E-state index contributed by atoms with van der Waals surface area (Å²) in [4.78, 5) is 32.6. The summed E-state index contributed by atoms with van der Waals surface area (Å²) in [5.74, 6) is 1.67. The molecule has 0 aromatic carbocycles. The fourth-order valence-corrected chi connectivity index (χ4v) is 4.83. The fraction of sp³-hybridized carbons (Fsp3) is 0.667. The molecule has 2 aromatic heterocycles. The second-order valence-electron chi connectivity index (χ2n) is 11.2. The molecule has 2 saturated heterocycles. The molecule has 1 amide bonds. The van der Waals surface area contributed by atoms with Crippen LogP contribution in [0.5, 0.6) is 0 Å². The van der Waals surface area contributed by atoms with Gasteiger partial charge in [0.15, 0.2) is 11.7 Å². The first-order chi connectivity index (χ1) is 18.6. The lowest BCUT2D eigenvalue weighted by Gasteiger charge is -2.35. The van der Waals surface area contributed by atoms with Crippen LogP contribution in [0.1, 0.15) is 69.6 Å². The molecule has 39 heavy (non-hydrogen) atoms. The smallest absolute Gasteiger partial charge is 0.324 e. The van der Waals surface area contributed by atoms with Crippen LogP contribution in [0.4, 0.5) is 12.0 Å². The SMILES string of the molecule is C=C(NC1CCN(c2ncc(C(=O)N(C)C3CCN(c4nc(COCCC)no4)CC3)cn2)C1)OC(C)(C)C. The van der Waals surface area contributed by atoms with Gasteiger partial charge in [-0.1, -0.05) is 12.1 Å². The zero-order valence-electron chi connectivity index (χ0n) is 23.9. The summed E-state index contributed by atoms with van der Waals surface area (Å²) in [6.07, 6.45) is 6.73. The summed E-state index contributed by atoms with van der Waals surface area (Å²) in [6, 6.07) is 0.819. The van der Waals surface area contributed by atoms with Crippen molar-refractivity contribution in [2.45, 2.75) is 77.7 Å². The number of carbonyl (C=O) groups is 1. The number of anilines is 2. The molecule has 4 rings (SSSR count).